The zero-order valence-electron chi connectivity index (χ0n) is 53.2. The van der Waals surface area contributed by atoms with Gasteiger partial charge in [-0.3, -0.25) is 44.3 Å². The molecular formula is C66H88Cl5F10N7O8. The molecule has 1 aromatic heterocycles. The molecular weight excluding hydrogens is 1390 g/mol. The van der Waals surface area contributed by atoms with Crippen LogP contribution in [-0.4, -0.2) is 84.3 Å². The van der Waals surface area contributed by atoms with Crippen LogP contribution in [0, 0.1) is 56.3 Å². The van der Waals surface area contributed by atoms with Crippen molar-refractivity contribution < 1.29 is 68.1 Å². The number of carbonyl (C=O) groups excluding carboxylic acids is 3. The van der Waals surface area contributed by atoms with Crippen LogP contribution in [0.4, 0.5) is 55.3 Å². The zero-order valence-corrected chi connectivity index (χ0v) is 57.0. The lowest BCUT2D eigenvalue weighted by Gasteiger charge is -2.11. The predicted molar refractivity (Wildman–Crippen MR) is 365 cm³/mol. The Morgan fingerprint density at radius 2 is 1.06 bits per heavy atom. The summed E-state index contributed by atoms with van der Waals surface area (Å²) in [5.74, 6) is -6.36. The Balaban J connectivity index is -0.000000498. The minimum Gasteiger partial charge on any atom is -0.343 e. The molecule has 0 N–H and O–H groups in total. The monoisotopic (exact) mass is 1470 g/mol. The first-order valence-electron chi connectivity index (χ1n) is 29.3. The first-order valence-corrected chi connectivity index (χ1v) is 31.2. The van der Waals surface area contributed by atoms with Gasteiger partial charge in [0.25, 0.3) is 16.9 Å². The number of fused-ring (bicyclic) bond motifs is 1. The molecule has 540 valence electrons. The van der Waals surface area contributed by atoms with Crippen LogP contribution in [0.15, 0.2) is 77.6 Å². The highest BCUT2D eigenvalue weighted by atomic mass is 35.5. The third-order valence-electron chi connectivity index (χ3n) is 13.3. The molecule has 3 heterocycles. The molecule has 2 aliphatic heterocycles. The van der Waals surface area contributed by atoms with Gasteiger partial charge in [0.2, 0.25) is 17.7 Å². The Labute approximate surface area is 581 Å². The van der Waals surface area contributed by atoms with Crippen LogP contribution in [0.3, 0.4) is 0 Å². The molecule has 15 nitrogen and oxygen atoms in total. The van der Waals surface area contributed by atoms with Crippen molar-refractivity contribution in [3.8, 4) is 0 Å². The summed E-state index contributed by atoms with van der Waals surface area (Å²) in [5, 5.41) is 30.3. The van der Waals surface area contributed by atoms with Gasteiger partial charge < -0.3 is 4.90 Å². The molecule has 0 saturated carbocycles. The zero-order chi connectivity index (χ0) is 71.7. The van der Waals surface area contributed by atoms with Crippen molar-refractivity contribution in [3.05, 3.63) is 180 Å². The minimum absolute atomic E-state index is 0. The van der Waals surface area contributed by atoms with E-state index in [0.717, 1.165) is 62.4 Å². The highest BCUT2D eigenvalue weighted by Gasteiger charge is 2.34. The van der Waals surface area contributed by atoms with Gasteiger partial charge in [0, 0.05) is 87.3 Å². The van der Waals surface area contributed by atoms with Gasteiger partial charge in [0.15, 0.2) is 17.5 Å². The number of halogens is 15. The van der Waals surface area contributed by atoms with E-state index in [1.54, 1.807) is 43.3 Å². The maximum Gasteiger partial charge on any atom is 0.391 e. The average Bonchev–Trinajstić information content (AvgIpc) is 1.22. The van der Waals surface area contributed by atoms with Crippen molar-refractivity contribution in [1.29, 1.82) is 0 Å². The van der Waals surface area contributed by atoms with Gasteiger partial charge >= 0.3 is 12.4 Å². The number of hydrogen-bond donors (Lipinski definition) is 0. The van der Waals surface area contributed by atoms with Gasteiger partial charge in [0.05, 0.1) is 46.3 Å². The third kappa shape index (κ3) is 32.1. The molecule has 0 spiro atoms. The molecule has 5 aromatic carbocycles. The number of hydrogen-bond acceptors (Lipinski definition) is 10. The molecule has 30 heteroatoms. The number of amides is 3. The Kier molecular flexibility index (Phi) is 48.0. The molecule has 2 fully saturated rings. The van der Waals surface area contributed by atoms with E-state index < -0.39 is 59.1 Å². The first-order chi connectivity index (χ1) is 43.4. The SMILES string of the molecule is C.C.C.CCC(C)C(F)(F)F.CCCC(F)(F)F.CCN1C(=O)CCC1=O.CCN1CCCC1=O.CCc1c(Cl)c(Cl)c(Cl)c(Cl)c1Cl.CCc1c(F)c(C)c(F)c(F)c1F.CCc1ccc([N+](=O)[O-])cc1.CCc1cccc([N+](=O)[O-])c1.CCn1nnc2ccccc2c1=O. The summed E-state index contributed by atoms with van der Waals surface area (Å²) >= 11 is 29.3. The molecule has 6 aromatic rings. The van der Waals surface area contributed by atoms with Crippen molar-refractivity contribution in [2.45, 2.75) is 188 Å². The van der Waals surface area contributed by atoms with Crippen LogP contribution in [0.25, 0.3) is 10.9 Å². The molecule has 0 radical (unpaired) electrons. The number of nitro benzene ring substituents is 2. The summed E-state index contributed by atoms with van der Waals surface area (Å²) in [5.41, 5.74) is 2.86. The second kappa shape index (κ2) is 48.1. The van der Waals surface area contributed by atoms with E-state index in [1.807, 2.05) is 57.7 Å². The van der Waals surface area contributed by atoms with E-state index in [2.05, 4.69) is 10.3 Å². The normalized spacial score (nSPS) is 12.2. The van der Waals surface area contributed by atoms with Crippen LogP contribution in [0.5, 0.6) is 0 Å². The largest absolute Gasteiger partial charge is 0.391 e. The fourth-order valence-electron chi connectivity index (χ4n) is 7.59. The number of benzene rings is 5. The number of carbonyl (C=O) groups is 3. The summed E-state index contributed by atoms with van der Waals surface area (Å²) < 4.78 is 120. The summed E-state index contributed by atoms with van der Waals surface area (Å²) in [6.45, 7) is 21.3. The number of likely N-dealkylation sites (tertiary alicyclic amines) is 2. The van der Waals surface area contributed by atoms with E-state index in [-0.39, 0.29) is 95.2 Å². The average molecular weight is 1470 g/mol. The lowest BCUT2D eigenvalue weighted by atomic mass is 10.1. The number of aromatic nitrogens is 3. The molecule has 96 heavy (non-hydrogen) atoms. The summed E-state index contributed by atoms with van der Waals surface area (Å²) in [6.07, 6.45) is -3.19. The number of nitro groups is 2. The summed E-state index contributed by atoms with van der Waals surface area (Å²) in [6, 6.07) is 20.5. The highest BCUT2D eigenvalue weighted by Crippen LogP contribution is 2.44. The molecule has 2 saturated heterocycles. The molecule has 3 amide bonds. The van der Waals surface area contributed by atoms with Gasteiger partial charge in [-0.25, -0.2) is 22.2 Å². The van der Waals surface area contributed by atoms with Gasteiger partial charge in [0.1, 0.15) is 11.3 Å². The topological polar surface area (TPSA) is 192 Å². The Morgan fingerprint density at radius 3 is 1.42 bits per heavy atom. The van der Waals surface area contributed by atoms with Gasteiger partial charge in [-0.2, -0.15) is 26.3 Å². The number of rotatable bonds is 11. The molecule has 2 aliphatic rings. The first kappa shape index (κ1) is 95.7. The quantitative estimate of drug-likeness (QED) is 0.0301. The maximum atomic E-state index is 13.1. The Morgan fingerprint density at radius 1 is 0.562 bits per heavy atom. The molecule has 1 unspecified atom stereocenters. The molecule has 1 atom stereocenters. The van der Waals surface area contributed by atoms with E-state index in [0.29, 0.717) is 59.2 Å². The van der Waals surface area contributed by atoms with Gasteiger partial charge in [-0.05, 0) is 101 Å². The van der Waals surface area contributed by atoms with Crippen molar-refractivity contribution in [1.82, 2.24) is 24.8 Å². The molecule has 0 bridgehead atoms. The van der Waals surface area contributed by atoms with Crippen LogP contribution >= 0.6 is 58.0 Å². The summed E-state index contributed by atoms with van der Waals surface area (Å²) in [4.78, 5) is 66.7. The van der Waals surface area contributed by atoms with Crippen molar-refractivity contribution in [2.24, 2.45) is 5.92 Å². The second-order valence-corrected chi connectivity index (χ2v) is 21.6. The van der Waals surface area contributed by atoms with Crippen LogP contribution < -0.4 is 5.56 Å². The fraction of sp³-hybridized carbons (Fsp3) is 0.485. The van der Waals surface area contributed by atoms with E-state index in [9.17, 15) is 83.3 Å². The Bertz CT molecular complexity index is 3300. The van der Waals surface area contributed by atoms with Crippen LogP contribution in [0.2, 0.25) is 25.1 Å². The number of nitrogens with zero attached hydrogens (tertiary/aromatic N) is 7. The van der Waals surface area contributed by atoms with Crippen LogP contribution in [0.1, 0.15) is 164 Å². The maximum absolute atomic E-state index is 13.1. The lowest BCUT2D eigenvalue weighted by Crippen LogP contribution is -2.28. The van der Waals surface area contributed by atoms with Crippen molar-refractivity contribution in [2.75, 3.05) is 19.6 Å². The minimum atomic E-state index is -3.99. The molecule has 0 aliphatic carbocycles. The smallest absolute Gasteiger partial charge is 0.343 e. The lowest BCUT2D eigenvalue weighted by molar-refractivity contribution is -0.385. The highest BCUT2D eigenvalue weighted by molar-refractivity contribution is 6.55. The fourth-order valence-corrected chi connectivity index (χ4v) is 9.03. The van der Waals surface area contributed by atoms with Crippen LogP contribution in [-0.2, 0) is 46.6 Å². The number of alkyl halides is 6. The number of non-ortho nitro benzene ring substituents is 2. The second-order valence-electron chi connectivity index (χ2n) is 19.7. The summed E-state index contributed by atoms with van der Waals surface area (Å²) in [7, 11) is 0. The predicted octanol–water partition coefficient (Wildman–Crippen LogP) is 21.4. The standard InChI is InChI=1S/C9H8F4.C9H9N3O.C8H5Cl5.2C8H9NO2.C6H9NO2.C6H11NO.C5H9F3.C4H7F3.3CH4/c1-3-5-6(10)4(2)7(11)9(13)8(5)12;1-2-12-9(13)7-5-3-4-6-8(7)10-11-12;1-2-3-4(9)6(11)8(13)7(12)5(3)10;1-2-7-3-5-8(6-4-7)9(10)11;1-2-7-4-3-5-8(6-7)9(10)11;1-2-7-5(8)3-4-6(7)9;1-2-7-5-3-4-6(7)8;1-3-4(2)5(6,7)8;1-2-3-4(5,6)7;;;/h3H2,1-2H3;3-6H,2H2,1H3;2H2,1H3;2*3-6H,2H2,1H3;2-4H2,1H3;2-5H2,1H3;4H,3H2,1-2H3;2-3H2,1H3;3*1H4. The third-order valence-corrected chi connectivity index (χ3v) is 15.7. The molecule has 8 rings (SSSR count). The van der Waals surface area contributed by atoms with Crippen molar-refractivity contribution >= 4 is 98.0 Å². The van der Waals surface area contributed by atoms with Crippen molar-refractivity contribution in [3.63, 3.8) is 0 Å². The number of imide groups is 1. The van der Waals surface area contributed by atoms with E-state index in [4.69, 9.17) is 58.0 Å². The number of aryl methyl sites for hydroxylation is 3. The van der Waals surface area contributed by atoms with Gasteiger partial charge in [-0.15, -0.1) is 5.10 Å². The van der Waals surface area contributed by atoms with Gasteiger partial charge in [-0.1, -0.05) is 170 Å². The Hall–Kier alpha value is -6.67. The van der Waals surface area contributed by atoms with E-state index in [1.165, 1.54) is 55.5 Å². The van der Waals surface area contributed by atoms with E-state index >= 15 is 0 Å².